The van der Waals surface area contributed by atoms with Gasteiger partial charge in [-0.1, -0.05) is 18.2 Å². The van der Waals surface area contributed by atoms with E-state index in [-0.39, 0.29) is 5.56 Å². The molecule has 2 nitrogen and oxygen atoms in total. The van der Waals surface area contributed by atoms with E-state index in [1.54, 1.807) is 30.3 Å². The molecule has 0 spiro atoms. The molecule has 2 aromatic carbocycles. The van der Waals surface area contributed by atoms with Gasteiger partial charge in [0.1, 0.15) is 11.6 Å². The number of benzene rings is 2. The van der Waals surface area contributed by atoms with Crippen molar-refractivity contribution in [2.24, 2.45) is 0 Å². The Labute approximate surface area is 107 Å². The summed E-state index contributed by atoms with van der Waals surface area (Å²) in [6.07, 6.45) is -0.474. The second kappa shape index (κ2) is 5.56. The molecule has 0 aliphatic rings. The monoisotopic (exact) mass is 266 g/mol. The van der Waals surface area contributed by atoms with Crippen LogP contribution in [0.4, 0.5) is 13.2 Å². The molecule has 0 saturated carbocycles. The third-order valence-electron chi connectivity index (χ3n) is 2.40. The zero-order valence-corrected chi connectivity index (χ0v) is 9.70. The molecule has 0 saturated heterocycles. The van der Waals surface area contributed by atoms with Gasteiger partial charge in [-0.3, -0.25) is 4.79 Å². The lowest BCUT2D eigenvalue weighted by atomic mass is 10.1. The van der Waals surface area contributed by atoms with Crippen molar-refractivity contribution in [3.63, 3.8) is 0 Å². The fourth-order valence-electron chi connectivity index (χ4n) is 1.51. The van der Waals surface area contributed by atoms with E-state index >= 15 is 0 Å². The molecule has 98 valence electrons. The van der Waals surface area contributed by atoms with E-state index in [1.165, 1.54) is 0 Å². The van der Waals surface area contributed by atoms with Crippen molar-refractivity contribution in [2.75, 3.05) is 0 Å². The second-order valence-electron chi connectivity index (χ2n) is 3.82. The van der Waals surface area contributed by atoms with Crippen LogP contribution in [0.25, 0.3) is 0 Å². The predicted molar refractivity (Wildman–Crippen MR) is 62.1 cm³/mol. The van der Waals surface area contributed by atoms with Crippen molar-refractivity contribution < 1.29 is 22.7 Å². The zero-order valence-electron chi connectivity index (χ0n) is 9.70. The summed E-state index contributed by atoms with van der Waals surface area (Å²) >= 11 is 0. The number of rotatable bonds is 3. The largest absolute Gasteiger partial charge is 0.426 e. The number of halogens is 3. The zero-order chi connectivity index (χ0) is 13.8. The number of esters is 1. The summed E-state index contributed by atoms with van der Waals surface area (Å²) in [5.74, 6) is -3.93. The Kier molecular flexibility index (Phi) is 3.85. The van der Waals surface area contributed by atoms with Crippen LogP contribution in [-0.2, 0) is 11.2 Å². The SMILES string of the molecule is O=C(Cc1cc(F)c(F)cc1F)Oc1ccccc1. The van der Waals surface area contributed by atoms with Gasteiger partial charge in [-0.2, -0.15) is 0 Å². The molecular weight excluding hydrogens is 257 g/mol. The molecule has 2 rings (SSSR count). The van der Waals surface area contributed by atoms with Gasteiger partial charge in [-0.15, -0.1) is 0 Å². The van der Waals surface area contributed by atoms with E-state index in [9.17, 15) is 18.0 Å². The van der Waals surface area contributed by atoms with Gasteiger partial charge in [-0.05, 0) is 18.2 Å². The van der Waals surface area contributed by atoms with E-state index in [4.69, 9.17) is 4.74 Å². The molecule has 0 N–H and O–H groups in total. The van der Waals surface area contributed by atoms with Crippen LogP contribution in [0.2, 0.25) is 0 Å². The Morgan fingerprint density at radius 3 is 2.26 bits per heavy atom. The first-order valence-electron chi connectivity index (χ1n) is 5.45. The average Bonchev–Trinajstić information content (AvgIpc) is 2.37. The van der Waals surface area contributed by atoms with Crippen LogP contribution in [0.15, 0.2) is 42.5 Å². The maximum Gasteiger partial charge on any atom is 0.315 e. The first-order valence-corrected chi connectivity index (χ1v) is 5.45. The molecule has 0 aliphatic heterocycles. The van der Waals surface area contributed by atoms with Crippen molar-refractivity contribution >= 4 is 5.97 Å². The van der Waals surface area contributed by atoms with Crippen LogP contribution in [-0.4, -0.2) is 5.97 Å². The highest BCUT2D eigenvalue weighted by Crippen LogP contribution is 2.16. The van der Waals surface area contributed by atoms with Crippen molar-refractivity contribution in [2.45, 2.75) is 6.42 Å². The normalized spacial score (nSPS) is 10.3. The fourth-order valence-corrected chi connectivity index (χ4v) is 1.51. The van der Waals surface area contributed by atoms with Crippen molar-refractivity contribution in [3.05, 3.63) is 65.5 Å². The summed E-state index contributed by atoms with van der Waals surface area (Å²) in [7, 11) is 0. The number of carbonyl (C=O) groups excluding carboxylic acids is 1. The summed E-state index contributed by atoms with van der Waals surface area (Å²) in [4.78, 5) is 11.5. The van der Waals surface area contributed by atoms with Gasteiger partial charge in [0.15, 0.2) is 11.6 Å². The number of hydrogen-bond acceptors (Lipinski definition) is 2. The maximum absolute atomic E-state index is 13.3. The molecular formula is C14H9F3O2. The van der Waals surface area contributed by atoms with Gasteiger partial charge >= 0.3 is 5.97 Å². The van der Waals surface area contributed by atoms with Crippen LogP contribution in [0.3, 0.4) is 0 Å². The highest BCUT2D eigenvalue weighted by molar-refractivity contribution is 5.75. The number of ether oxygens (including phenoxy) is 1. The summed E-state index contributed by atoms with van der Waals surface area (Å²) in [5.41, 5.74) is -0.250. The summed E-state index contributed by atoms with van der Waals surface area (Å²) in [6, 6.07) is 9.24. The molecule has 2 aromatic rings. The molecule has 0 fully saturated rings. The van der Waals surface area contributed by atoms with Gasteiger partial charge in [0.2, 0.25) is 0 Å². The fraction of sp³-hybridized carbons (Fsp3) is 0.0714. The Bertz CT molecular complexity index is 597. The van der Waals surface area contributed by atoms with E-state index in [1.807, 2.05) is 0 Å². The molecule has 0 aliphatic carbocycles. The smallest absolute Gasteiger partial charge is 0.315 e. The molecule has 0 bridgehead atoms. The highest BCUT2D eigenvalue weighted by atomic mass is 19.2. The van der Waals surface area contributed by atoms with Gasteiger partial charge in [0.25, 0.3) is 0 Å². The molecule has 19 heavy (non-hydrogen) atoms. The van der Waals surface area contributed by atoms with Gasteiger partial charge in [0.05, 0.1) is 6.42 Å². The summed E-state index contributed by atoms with van der Waals surface area (Å²) in [6.45, 7) is 0. The number of hydrogen-bond donors (Lipinski definition) is 0. The molecule has 0 unspecified atom stereocenters. The van der Waals surface area contributed by atoms with Crippen molar-refractivity contribution in [3.8, 4) is 5.75 Å². The Morgan fingerprint density at radius 1 is 0.947 bits per heavy atom. The lowest BCUT2D eigenvalue weighted by molar-refractivity contribution is -0.133. The van der Waals surface area contributed by atoms with Crippen LogP contribution in [0, 0.1) is 17.5 Å². The number of para-hydroxylation sites is 1. The van der Waals surface area contributed by atoms with Gasteiger partial charge in [0, 0.05) is 11.6 Å². The lowest BCUT2D eigenvalue weighted by Gasteiger charge is -2.05. The molecule has 0 heterocycles. The molecule has 5 heteroatoms. The van der Waals surface area contributed by atoms with Crippen LogP contribution >= 0.6 is 0 Å². The summed E-state index contributed by atoms with van der Waals surface area (Å²) in [5, 5.41) is 0. The summed E-state index contributed by atoms with van der Waals surface area (Å²) < 4.78 is 43.9. The quantitative estimate of drug-likeness (QED) is 0.484. The lowest BCUT2D eigenvalue weighted by Crippen LogP contribution is -2.12. The van der Waals surface area contributed by atoms with E-state index in [2.05, 4.69) is 0 Å². The first-order chi connectivity index (χ1) is 9.06. The molecule has 0 radical (unpaired) electrons. The third kappa shape index (κ3) is 3.34. The van der Waals surface area contributed by atoms with Gasteiger partial charge in [-0.25, -0.2) is 13.2 Å². The Morgan fingerprint density at radius 2 is 1.58 bits per heavy atom. The predicted octanol–water partition coefficient (Wildman–Crippen LogP) is 3.25. The van der Waals surface area contributed by atoms with Crippen LogP contribution in [0.5, 0.6) is 5.75 Å². The van der Waals surface area contributed by atoms with E-state index in [0.717, 1.165) is 0 Å². The van der Waals surface area contributed by atoms with E-state index < -0.39 is 29.8 Å². The molecule has 0 atom stereocenters. The first kappa shape index (κ1) is 13.1. The number of carbonyl (C=O) groups is 1. The Balaban J connectivity index is 2.09. The maximum atomic E-state index is 13.3. The van der Waals surface area contributed by atoms with Gasteiger partial charge < -0.3 is 4.74 Å². The topological polar surface area (TPSA) is 26.3 Å². The third-order valence-corrected chi connectivity index (χ3v) is 2.40. The van der Waals surface area contributed by atoms with Crippen LogP contribution in [0.1, 0.15) is 5.56 Å². The Hall–Kier alpha value is -2.30. The molecule has 0 aromatic heterocycles. The standard InChI is InChI=1S/C14H9F3O2/c15-11-8-13(17)12(16)6-9(11)7-14(18)19-10-4-2-1-3-5-10/h1-6,8H,7H2. The average molecular weight is 266 g/mol. The van der Waals surface area contributed by atoms with Crippen molar-refractivity contribution in [1.82, 2.24) is 0 Å². The highest BCUT2D eigenvalue weighted by Gasteiger charge is 2.14. The minimum absolute atomic E-state index is 0.250. The van der Waals surface area contributed by atoms with E-state index in [0.29, 0.717) is 17.9 Å². The minimum atomic E-state index is -1.29. The van der Waals surface area contributed by atoms with Crippen LogP contribution < -0.4 is 4.74 Å². The molecule has 0 amide bonds. The van der Waals surface area contributed by atoms with Crippen molar-refractivity contribution in [1.29, 1.82) is 0 Å². The second-order valence-corrected chi connectivity index (χ2v) is 3.82. The minimum Gasteiger partial charge on any atom is -0.426 e.